The van der Waals surface area contributed by atoms with Gasteiger partial charge < -0.3 is 4.85 Å². The largest absolute Gasteiger partial charge is 0.361 e. The molecule has 1 aromatic heterocycles. The minimum absolute atomic E-state index is 0.436. The average Bonchev–Trinajstić information content (AvgIpc) is 2.30. The lowest BCUT2D eigenvalue weighted by Crippen LogP contribution is -1.81. The van der Waals surface area contributed by atoms with Crippen LogP contribution >= 0.6 is 0 Å². The first-order valence-corrected chi connectivity index (χ1v) is 4.30. The van der Waals surface area contributed by atoms with E-state index in [9.17, 15) is 0 Å². The second-order valence-corrected chi connectivity index (χ2v) is 2.86. The number of benzene rings is 1. The normalized spacial score (nSPS) is 9.36. The van der Waals surface area contributed by atoms with Crippen LogP contribution in [0.1, 0.15) is 0 Å². The molecule has 0 radical (unpaired) electrons. The molecule has 0 atom stereocenters. The van der Waals surface area contributed by atoms with Gasteiger partial charge in [-0.05, 0) is 12.1 Å². The monoisotopic (exact) mass is 180 g/mol. The molecule has 1 heterocycles. The van der Waals surface area contributed by atoms with Crippen molar-refractivity contribution in [3.8, 4) is 11.3 Å². The Morgan fingerprint density at radius 1 is 0.929 bits per heavy atom. The smallest absolute Gasteiger partial charge is 0.270 e. The molecule has 66 valence electrons. The Bertz CT molecular complexity index is 469. The fraction of sp³-hybridized carbons (Fsp3) is 0. The summed E-state index contributed by atoms with van der Waals surface area (Å²) in [5.74, 6) is 0.436. The third-order valence-corrected chi connectivity index (χ3v) is 1.92. The number of nitrogens with zero attached hydrogens (tertiary/aromatic N) is 2. The third kappa shape index (κ3) is 1.62. The van der Waals surface area contributed by atoms with Gasteiger partial charge in [-0.15, -0.1) is 4.98 Å². The Labute approximate surface area is 82.7 Å². The van der Waals surface area contributed by atoms with E-state index in [4.69, 9.17) is 6.57 Å². The van der Waals surface area contributed by atoms with Crippen LogP contribution in [0, 0.1) is 6.57 Å². The molecular weight excluding hydrogens is 172 g/mol. The van der Waals surface area contributed by atoms with Gasteiger partial charge in [0.1, 0.15) is 0 Å². The summed E-state index contributed by atoms with van der Waals surface area (Å²) in [4.78, 5) is 7.50. The van der Waals surface area contributed by atoms with Crippen molar-refractivity contribution in [2.45, 2.75) is 0 Å². The van der Waals surface area contributed by atoms with Crippen molar-refractivity contribution in [1.82, 2.24) is 4.98 Å². The van der Waals surface area contributed by atoms with Gasteiger partial charge in [0.15, 0.2) is 5.69 Å². The zero-order valence-corrected chi connectivity index (χ0v) is 7.51. The highest BCUT2D eigenvalue weighted by Gasteiger charge is 2.02. The Balaban J connectivity index is 2.49. The maximum atomic E-state index is 6.87. The van der Waals surface area contributed by atoms with Crippen LogP contribution in [-0.4, -0.2) is 4.98 Å². The second-order valence-electron chi connectivity index (χ2n) is 2.86. The van der Waals surface area contributed by atoms with Gasteiger partial charge >= 0.3 is 0 Å². The fourth-order valence-electron chi connectivity index (χ4n) is 1.26. The maximum Gasteiger partial charge on any atom is 0.270 e. The number of hydrogen-bond acceptors (Lipinski definition) is 1. The molecule has 0 saturated carbocycles. The van der Waals surface area contributed by atoms with Gasteiger partial charge in [0.25, 0.3) is 5.82 Å². The van der Waals surface area contributed by atoms with Crippen molar-refractivity contribution in [1.29, 1.82) is 0 Å². The van der Waals surface area contributed by atoms with Gasteiger partial charge in [0.05, 0.1) is 0 Å². The van der Waals surface area contributed by atoms with Crippen LogP contribution in [-0.2, 0) is 0 Å². The molecular formula is C12H8N2. The topological polar surface area (TPSA) is 17.2 Å². The molecule has 1 aromatic carbocycles. The summed E-state index contributed by atoms with van der Waals surface area (Å²) in [6, 6.07) is 15.3. The molecule has 0 aliphatic rings. The fourth-order valence-corrected chi connectivity index (χ4v) is 1.26. The Hall–Kier alpha value is -2.14. The molecule has 2 nitrogen and oxygen atoms in total. The Morgan fingerprint density at radius 3 is 2.43 bits per heavy atom. The number of hydrogen-bond donors (Lipinski definition) is 0. The minimum atomic E-state index is 0.436. The van der Waals surface area contributed by atoms with Gasteiger partial charge in [-0.3, -0.25) is 0 Å². The van der Waals surface area contributed by atoms with E-state index in [2.05, 4.69) is 9.83 Å². The summed E-state index contributed by atoms with van der Waals surface area (Å²) in [5, 5.41) is 0. The lowest BCUT2D eigenvalue weighted by atomic mass is 10.1. The molecule has 0 aliphatic heterocycles. The molecule has 0 aliphatic carbocycles. The van der Waals surface area contributed by atoms with E-state index in [1.165, 1.54) is 0 Å². The van der Waals surface area contributed by atoms with E-state index in [0.717, 1.165) is 11.3 Å². The molecule has 0 saturated heterocycles. The van der Waals surface area contributed by atoms with Crippen LogP contribution in [0.2, 0.25) is 0 Å². The van der Waals surface area contributed by atoms with E-state index in [1.54, 1.807) is 6.07 Å². The molecule has 0 N–H and O–H groups in total. The molecule has 0 spiro atoms. The van der Waals surface area contributed by atoms with Crippen LogP contribution in [0.15, 0.2) is 48.5 Å². The van der Waals surface area contributed by atoms with Gasteiger partial charge in [-0.25, -0.2) is 0 Å². The van der Waals surface area contributed by atoms with Gasteiger partial charge in [0, 0.05) is 5.56 Å². The summed E-state index contributed by atoms with van der Waals surface area (Å²) in [6.07, 6.45) is 0. The van der Waals surface area contributed by atoms with E-state index in [0.29, 0.717) is 5.82 Å². The first-order chi connectivity index (χ1) is 6.90. The first-order valence-electron chi connectivity index (χ1n) is 4.30. The van der Waals surface area contributed by atoms with Crippen molar-refractivity contribution in [2.24, 2.45) is 0 Å². The van der Waals surface area contributed by atoms with Crippen molar-refractivity contribution in [3.63, 3.8) is 0 Å². The van der Waals surface area contributed by atoms with Crippen molar-refractivity contribution < 1.29 is 0 Å². The summed E-state index contributed by atoms with van der Waals surface area (Å²) in [7, 11) is 0. The zero-order chi connectivity index (χ0) is 9.80. The van der Waals surface area contributed by atoms with Crippen LogP contribution in [0.5, 0.6) is 0 Å². The average molecular weight is 180 g/mol. The van der Waals surface area contributed by atoms with Crippen LogP contribution in [0.25, 0.3) is 16.1 Å². The predicted octanol–water partition coefficient (Wildman–Crippen LogP) is 3.30. The molecule has 2 heteroatoms. The van der Waals surface area contributed by atoms with E-state index < -0.39 is 0 Å². The summed E-state index contributed by atoms with van der Waals surface area (Å²) < 4.78 is 0. The molecule has 2 aromatic rings. The minimum Gasteiger partial charge on any atom is -0.361 e. The van der Waals surface area contributed by atoms with E-state index >= 15 is 0 Å². The summed E-state index contributed by atoms with van der Waals surface area (Å²) in [5.41, 5.74) is 1.89. The third-order valence-electron chi connectivity index (χ3n) is 1.92. The van der Waals surface area contributed by atoms with Crippen LogP contribution in [0.4, 0.5) is 5.82 Å². The van der Waals surface area contributed by atoms with E-state index in [1.807, 2.05) is 42.5 Å². The van der Waals surface area contributed by atoms with Crippen molar-refractivity contribution >= 4 is 5.82 Å². The lowest BCUT2D eigenvalue weighted by molar-refractivity contribution is 1.35. The second kappa shape index (κ2) is 3.71. The molecule has 0 amide bonds. The Kier molecular flexibility index (Phi) is 2.24. The van der Waals surface area contributed by atoms with Crippen molar-refractivity contribution in [2.75, 3.05) is 0 Å². The van der Waals surface area contributed by atoms with E-state index in [-0.39, 0.29) is 0 Å². The highest BCUT2D eigenvalue weighted by atomic mass is 14.9. The quantitative estimate of drug-likeness (QED) is 0.615. The van der Waals surface area contributed by atoms with Crippen LogP contribution in [0.3, 0.4) is 0 Å². The standard InChI is InChI=1S/C12H8N2/c1-13-12-9-5-8-11(14-12)10-6-3-2-4-7-10/h2-9H. The first kappa shape index (κ1) is 8.46. The lowest BCUT2D eigenvalue weighted by Gasteiger charge is -1.95. The van der Waals surface area contributed by atoms with Gasteiger partial charge in [0.2, 0.25) is 0 Å². The molecule has 0 fully saturated rings. The molecule has 0 unspecified atom stereocenters. The zero-order valence-electron chi connectivity index (χ0n) is 7.51. The predicted molar refractivity (Wildman–Crippen MR) is 55.9 cm³/mol. The Morgan fingerprint density at radius 2 is 1.71 bits per heavy atom. The SMILES string of the molecule is [C-]#[N+]c1cccc(-c2ccccc2)n1. The molecule has 0 bridgehead atoms. The molecule has 2 rings (SSSR count). The number of pyridine rings is 1. The molecule has 14 heavy (non-hydrogen) atoms. The van der Waals surface area contributed by atoms with Crippen molar-refractivity contribution in [3.05, 3.63) is 59.9 Å². The number of rotatable bonds is 1. The van der Waals surface area contributed by atoms with Crippen LogP contribution < -0.4 is 0 Å². The van der Waals surface area contributed by atoms with Gasteiger partial charge in [-0.2, -0.15) is 0 Å². The highest BCUT2D eigenvalue weighted by Crippen LogP contribution is 2.19. The summed E-state index contributed by atoms with van der Waals surface area (Å²) in [6.45, 7) is 6.87. The highest BCUT2D eigenvalue weighted by molar-refractivity contribution is 5.61. The maximum absolute atomic E-state index is 6.87. The van der Waals surface area contributed by atoms with Gasteiger partial charge in [-0.1, -0.05) is 43.0 Å². The summed E-state index contributed by atoms with van der Waals surface area (Å²) >= 11 is 0. The number of aromatic nitrogens is 1.